The Labute approximate surface area is 102 Å². The molecule has 1 rings (SSSR count). The van der Waals surface area contributed by atoms with Crippen molar-refractivity contribution in [2.24, 2.45) is 0 Å². The van der Waals surface area contributed by atoms with Crippen LogP contribution in [0.5, 0.6) is 0 Å². The van der Waals surface area contributed by atoms with Crippen LogP contribution >= 0.6 is 11.6 Å². The summed E-state index contributed by atoms with van der Waals surface area (Å²) in [4.78, 5) is 11.5. The molecule has 0 spiro atoms. The summed E-state index contributed by atoms with van der Waals surface area (Å²) < 4.78 is 26.4. The van der Waals surface area contributed by atoms with E-state index in [2.05, 4.69) is 5.32 Å². The number of benzene rings is 1. The van der Waals surface area contributed by atoms with Gasteiger partial charge in [-0.2, -0.15) is 5.26 Å². The van der Waals surface area contributed by atoms with Gasteiger partial charge in [-0.1, -0.05) is 11.6 Å². The molecule has 0 fully saturated rings. The van der Waals surface area contributed by atoms with Crippen LogP contribution in [0.4, 0.5) is 8.78 Å². The summed E-state index contributed by atoms with van der Waals surface area (Å²) >= 11 is 5.36. The van der Waals surface area contributed by atoms with Gasteiger partial charge in [-0.25, -0.2) is 8.78 Å². The minimum atomic E-state index is -0.905. The molecule has 0 aliphatic heterocycles. The van der Waals surface area contributed by atoms with E-state index in [1.54, 1.807) is 6.92 Å². The number of nitrogens with zero attached hydrogens (tertiary/aromatic N) is 1. The van der Waals surface area contributed by atoms with E-state index >= 15 is 0 Å². The second-order valence-electron chi connectivity index (χ2n) is 3.48. The normalized spacial score (nSPS) is 11.7. The van der Waals surface area contributed by atoms with Crippen LogP contribution in [0.15, 0.2) is 12.1 Å². The Balaban J connectivity index is 2.90. The first-order valence-corrected chi connectivity index (χ1v) is 5.16. The molecule has 0 radical (unpaired) electrons. The van der Waals surface area contributed by atoms with Crippen LogP contribution in [0.25, 0.3) is 0 Å². The lowest BCUT2D eigenvalue weighted by molar-refractivity contribution is 0.0936. The molecule has 17 heavy (non-hydrogen) atoms. The molecule has 6 heteroatoms. The molecule has 0 saturated heterocycles. The van der Waals surface area contributed by atoms with E-state index in [9.17, 15) is 13.6 Å². The van der Waals surface area contributed by atoms with E-state index in [1.165, 1.54) is 0 Å². The second kappa shape index (κ2) is 5.60. The van der Waals surface area contributed by atoms with Gasteiger partial charge in [0.2, 0.25) is 0 Å². The lowest BCUT2D eigenvalue weighted by atomic mass is 10.1. The van der Waals surface area contributed by atoms with Gasteiger partial charge < -0.3 is 5.32 Å². The molecule has 0 bridgehead atoms. The van der Waals surface area contributed by atoms with E-state index < -0.39 is 29.1 Å². The van der Waals surface area contributed by atoms with Crippen molar-refractivity contribution in [3.63, 3.8) is 0 Å². The summed E-state index contributed by atoms with van der Waals surface area (Å²) in [5, 5.41) is 10.4. The lowest BCUT2D eigenvalue weighted by Gasteiger charge is -2.11. The van der Waals surface area contributed by atoms with Crippen molar-refractivity contribution in [1.82, 2.24) is 5.32 Å². The van der Waals surface area contributed by atoms with Gasteiger partial charge in [0.1, 0.15) is 11.6 Å². The summed E-state index contributed by atoms with van der Waals surface area (Å²) in [6.45, 7) is 1.59. The van der Waals surface area contributed by atoms with E-state index in [1.807, 2.05) is 6.07 Å². The summed E-state index contributed by atoms with van der Waals surface area (Å²) in [5.41, 5.74) is -0.434. The first-order valence-electron chi connectivity index (χ1n) is 4.78. The summed E-state index contributed by atoms with van der Waals surface area (Å²) in [6, 6.07) is 2.88. The predicted molar refractivity (Wildman–Crippen MR) is 58.5 cm³/mol. The Kier molecular flexibility index (Phi) is 4.41. The van der Waals surface area contributed by atoms with E-state index in [-0.39, 0.29) is 11.4 Å². The second-order valence-corrected chi connectivity index (χ2v) is 3.89. The van der Waals surface area contributed by atoms with Crippen LogP contribution in [0.1, 0.15) is 23.7 Å². The molecule has 1 aromatic carbocycles. The van der Waals surface area contributed by atoms with Gasteiger partial charge in [0.25, 0.3) is 5.91 Å². The van der Waals surface area contributed by atoms with E-state index in [4.69, 9.17) is 16.9 Å². The third-order valence-corrected chi connectivity index (χ3v) is 2.32. The lowest BCUT2D eigenvalue weighted by Crippen LogP contribution is -2.32. The highest BCUT2D eigenvalue weighted by Crippen LogP contribution is 2.19. The SMILES string of the molecule is CC(CC#N)NC(=O)c1cc(F)c(Cl)cc1F. The van der Waals surface area contributed by atoms with Gasteiger partial charge in [0.05, 0.1) is 23.1 Å². The van der Waals surface area contributed by atoms with Gasteiger partial charge in [-0.3, -0.25) is 4.79 Å². The van der Waals surface area contributed by atoms with Crippen molar-refractivity contribution in [3.05, 3.63) is 34.4 Å². The fraction of sp³-hybridized carbons (Fsp3) is 0.273. The smallest absolute Gasteiger partial charge is 0.254 e. The Morgan fingerprint density at radius 2 is 2.18 bits per heavy atom. The molecule has 90 valence electrons. The predicted octanol–water partition coefficient (Wildman–Crippen LogP) is 2.65. The number of hydrogen-bond acceptors (Lipinski definition) is 2. The number of hydrogen-bond donors (Lipinski definition) is 1. The minimum Gasteiger partial charge on any atom is -0.348 e. The van der Waals surface area contributed by atoms with Crippen LogP contribution in [0.3, 0.4) is 0 Å². The molecule has 3 nitrogen and oxygen atoms in total. The Hall–Kier alpha value is -1.67. The minimum absolute atomic E-state index is 0.0867. The van der Waals surface area contributed by atoms with Crippen LogP contribution < -0.4 is 5.32 Å². The maximum atomic E-state index is 13.3. The average Bonchev–Trinajstić information content (AvgIpc) is 2.23. The first kappa shape index (κ1) is 13.4. The Bertz CT molecular complexity index is 485. The van der Waals surface area contributed by atoms with Crippen molar-refractivity contribution in [3.8, 4) is 6.07 Å². The topological polar surface area (TPSA) is 52.9 Å². The number of carbonyl (C=O) groups excluding carboxylic acids is 1. The Morgan fingerprint density at radius 3 is 2.76 bits per heavy atom. The summed E-state index contributed by atoms with van der Waals surface area (Å²) in [5.74, 6) is -2.55. The number of nitrogens with one attached hydrogen (secondary N) is 1. The standard InChI is InChI=1S/C11H9ClF2N2O/c1-6(2-3-15)16-11(17)7-4-10(14)8(12)5-9(7)13/h4-6H,2H2,1H3,(H,16,17). The number of nitriles is 1. The molecule has 1 N–H and O–H groups in total. The summed E-state index contributed by atoms with van der Waals surface area (Å²) in [6.07, 6.45) is 0.0867. The molecule has 0 saturated carbocycles. The highest BCUT2D eigenvalue weighted by atomic mass is 35.5. The zero-order valence-electron chi connectivity index (χ0n) is 8.93. The highest BCUT2D eigenvalue weighted by molar-refractivity contribution is 6.30. The number of halogens is 3. The molecule has 0 aliphatic rings. The van der Waals surface area contributed by atoms with Crippen LogP contribution in [0.2, 0.25) is 5.02 Å². The van der Waals surface area contributed by atoms with Gasteiger partial charge in [0, 0.05) is 6.04 Å². The van der Waals surface area contributed by atoms with E-state index in [0.717, 1.165) is 12.1 Å². The molecule has 1 unspecified atom stereocenters. The summed E-state index contributed by atoms with van der Waals surface area (Å²) in [7, 11) is 0. The van der Waals surface area contributed by atoms with Crippen LogP contribution in [-0.2, 0) is 0 Å². The third-order valence-electron chi connectivity index (χ3n) is 2.03. The van der Waals surface area contributed by atoms with Crippen molar-refractivity contribution >= 4 is 17.5 Å². The fourth-order valence-corrected chi connectivity index (χ4v) is 1.34. The highest BCUT2D eigenvalue weighted by Gasteiger charge is 2.16. The Morgan fingerprint density at radius 1 is 1.53 bits per heavy atom. The van der Waals surface area contributed by atoms with Gasteiger partial charge in [-0.15, -0.1) is 0 Å². The quantitative estimate of drug-likeness (QED) is 0.848. The average molecular weight is 259 g/mol. The van der Waals surface area contributed by atoms with Crippen molar-refractivity contribution in [1.29, 1.82) is 5.26 Å². The number of rotatable bonds is 3. The largest absolute Gasteiger partial charge is 0.348 e. The molecule has 0 heterocycles. The van der Waals surface area contributed by atoms with Crippen molar-refractivity contribution < 1.29 is 13.6 Å². The maximum absolute atomic E-state index is 13.3. The zero-order valence-corrected chi connectivity index (χ0v) is 9.68. The molecule has 1 amide bonds. The van der Waals surface area contributed by atoms with Crippen molar-refractivity contribution in [2.75, 3.05) is 0 Å². The van der Waals surface area contributed by atoms with Gasteiger partial charge in [0.15, 0.2) is 0 Å². The van der Waals surface area contributed by atoms with Crippen molar-refractivity contribution in [2.45, 2.75) is 19.4 Å². The molecule has 1 aromatic rings. The van der Waals surface area contributed by atoms with Crippen LogP contribution in [0, 0.1) is 23.0 Å². The van der Waals surface area contributed by atoms with Gasteiger partial charge in [-0.05, 0) is 19.1 Å². The van der Waals surface area contributed by atoms with Gasteiger partial charge >= 0.3 is 0 Å². The monoisotopic (exact) mass is 258 g/mol. The first-order chi connectivity index (χ1) is 7.95. The maximum Gasteiger partial charge on any atom is 0.254 e. The molecular formula is C11H9ClF2N2O. The van der Waals surface area contributed by atoms with E-state index in [0.29, 0.717) is 0 Å². The molecule has 0 aliphatic carbocycles. The third kappa shape index (κ3) is 3.40. The zero-order chi connectivity index (χ0) is 13.0. The molecule has 0 aromatic heterocycles. The molecular weight excluding hydrogens is 250 g/mol. The fourth-order valence-electron chi connectivity index (χ4n) is 1.19. The number of carbonyl (C=O) groups is 1. The molecule has 1 atom stereocenters. The number of amides is 1. The van der Waals surface area contributed by atoms with Crippen LogP contribution in [-0.4, -0.2) is 11.9 Å².